The van der Waals surface area contributed by atoms with Crippen LogP contribution in [0.5, 0.6) is 0 Å². The summed E-state index contributed by atoms with van der Waals surface area (Å²) in [5, 5.41) is 7.86. The fraction of sp³-hybridized carbons (Fsp3) is 0.286. The van der Waals surface area contributed by atoms with Gasteiger partial charge in [0.1, 0.15) is 5.56 Å². The van der Waals surface area contributed by atoms with E-state index in [4.69, 9.17) is 9.72 Å². The van der Waals surface area contributed by atoms with Gasteiger partial charge in [-0.2, -0.15) is 5.10 Å². The van der Waals surface area contributed by atoms with Crippen molar-refractivity contribution in [2.24, 2.45) is 0 Å². The third kappa shape index (κ3) is 3.07. The Kier molecular flexibility index (Phi) is 4.62. The number of esters is 1. The zero-order valence-electron chi connectivity index (χ0n) is 15.5. The summed E-state index contributed by atoms with van der Waals surface area (Å²) in [7, 11) is 0. The molecule has 1 aliphatic heterocycles. The third-order valence-corrected chi connectivity index (χ3v) is 4.77. The molecule has 0 aliphatic carbocycles. The Morgan fingerprint density at radius 1 is 1.22 bits per heavy atom. The molecule has 0 fully saturated rings. The average Bonchev–Trinajstić information content (AvgIpc) is 3.34. The molecule has 0 saturated heterocycles. The molecule has 0 radical (unpaired) electrons. The molecule has 0 unspecified atom stereocenters. The quantitative estimate of drug-likeness (QED) is 0.702. The number of fused-ring (bicyclic) bond motifs is 1. The minimum atomic E-state index is -0.346. The predicted octanol–water partition coefficient (Wildman–Crippen LogP) is 3.64. The molecule has 0 amide bonds. The monoisotopic (exact) mass is 362 g/mol. The van der Waals surface area contributed by atoms with Gasteiger partial charge in [0, 0.05) is 17.8 Å². The number of carbonyl (C=O) groups excluding carboxylic acids is 1. The molecule has 1 aromatic carbocycles. The molecule has 27 heavy (non-hydrogen) atoms. The van der Waals surface area contributed by atoms with Crippen LogP contribution < -0.4 is 5.32 Å². The first kappa shape index (κ1) is 17.3. The number of para-hydroxylation sites is 1. The Labute approximate surface area is 158 Å². The third-order valence-electron chi connectivity index (χ3n) is 4.77. The van der Waals surface area contributed by atoms with Crippen LogP contribution in [-0.4, -0.2) is 33.9 Å². The zero-order chi connectivity index (χ0) is 18.8. The van der Waals surface area contributed by atoms with Crippen molar-refractivity contribution in [2.45, 2.75) is 26.7 Å². The molecule has 0 saturated carbocycles. The van der Waals surface area contributed by atoms with E-state index in [1.165, 1.54) is 5.56 Å². The van der Waals surface area contributed by atoms with Crippen LogP contribution in [-0.2, 0) is 17.6 Å². The summed E-state index contributed by atoms with van der Waals surface area (Å²) in [6.07, 6.45) is 3.25. The van der Waals surface area contributed by atoms with E-state index in [9.17, 15) is 4.79 Å². The molecule has 1 aliphatic rings. The highest BCUT2D eigenvalue weighted by molar-refractivity contribution is 5.90. The number of anilines is 1. The van der Waals surface area contributed by atoms with Crippen LogP contribution in [0.4, 0.5) is 5.69 Å². The van der Waals surface area contributed by atoms with Crippen molar-refractivity contribution in [1.82, 2.24) is 14.8 Å². The summed E-state index contributed by atoms with van der Waals surface area (Å²) in [6.45, 7) is 5.08. The molecule has 0 bridgehead atoms. The summed E-state index contributed by atoms with van der Waals surface area (Å²) < 4.78 is 6.87. The van der Waals surface area contributed by atoms with Gasteiger partial charge < -0.3 is 10.1 Å². The highest BCUT2D eigenvalue weighted by atomic mass is 16.5. The van der Waals surface area contributed by atoms with Gasteiger partial charge in [-0.25, -0.2) is 14.5 Å². The maximum absolute atomic E-state index is 12.2. The van der Waals surface area contributed by atoms with Crippen LogP contribution in [0.2, 0.25) is 0 Å². The highest BCUT2D eigenvalue weighted by Gasteiger charge is 2.20. The van der Waals surface area contributed by atoms with Crippen LogP contribution in [0, 0.1) is 0 Å². The molecule has 4 rings (SSSR count). The van der Waals surface area contributed by atoms with Gasteiger partial charge in [0.05, 0.1) is 24.2 Å². The maximum Gasteiger partial charge on any atom is 0.341 e. The smallest absolute Gasteiger partial charge is 0.341 e. The van der Waals surface area contributed by atoms with Crippen LogP contribution in [0.15, 0.2) is 42.6 Å². The van der Waals surface area contributed by atoms with Crippen LogP contribution in [0.1, 0.15) is 35.5 Å². The second-order valence-electron chi connectivity index (χ2n) is 6.39. The molecule has 6 nitrogen and oxygen atoms in total. The van der Waals surface area contributed by atoms with Crippen LogP contribution >= 0.6 is 0 Å². The van der Waals surface area contributed by atoms with E-state index in [2.05, 4.69) is 28.6 Å². The molecule has 1 N–H and O–H groups in total. The van der Waals surface area contributed by atoms with Crippen molar-refractivity contribution in [3.05, 3.63) is 59.4 Å². The van der Waals surface area contributed by atoms with Gasteiger partial charge in [-0.05, 0) is 37.5 Å². The molecule has 138 valence electrons. The van der Waals surface area contributed by atoms with E-state index in [-0.39, 0.29) is 5.97 Å². The molecule has 2 aromatic heterocycles. The second kappa shape index (κ2) is 7.23. The Hall–Kier alpha value is -3.15. The van der Waals surface area contributed by atoms with Crippen molar-refractivity contribution in [3.8, 4) is 17.1 Å². The Balaban J connectivity index is 1.76. The second-order valence-corrected chi connectivity index (χ2v) is 6.39. The van der Waals surface area contributed by atoms with E-state index < -0.39 is 0 Å². The van der Waals surface area contributed by atoms with Gasteiger partial charge in [-0.3, -0.25) is 0 Å². The van der Waals surface area contributed by atoms with Crippen molar-refractivity contribution in [1.29, 1.82) is 0 Å². The number of aromatic nitrogens is 3. The predicted molar refractivity (Wildman–Crippen MR) is 104 cm³/mol. The minimum Gasteiger partial charge on any atom is -0.462 e. The summed E-state index contributed by atoms with van der Waals surface area (Å²) in [4.78, 5) is 17.0. The molecule has 0 atom stereocenters. The highest BCUT2D eigenvalue weighted by Crippen LogP contribution is 2.33. The number of ether oxygens (including phenoxy) is 1. The van der Waals surface area contributed by atoms with Crippen molar-refractivity contribution < 1.29 is 9.53 Å². The fourth-order valence-electron chi connectivity index (χ4n) is 3.53. The minimum absolute atomic E-state index is 0.340. The summed E-state index contributed by atoms with van der Waals surface area (Å²) in [6, 6.07) is 12.2. The Morgan fingerprint density at radius 2 is 2.07 bits per heavy atom. The lowest BCUT2D eigenvalue weighted by atomic mass is 10.0. The van der Waals surface area contributed by atoms with Crippen LogP contribution in [0.3, 0.4) is 0 Å². The summed E-state index contributed by atoms with van der Waals surface area (Å²) in [5.41, 5.74) is 5.74. The summed E-state index contributed by atoms with van der Waals surface area (Å²) >= 11 is 0. The lowest BCUT2D eigenvalue weighted by Crippen LogP contribution is -2.10. The van der Waals surface area contributed by atoms with Gasteiger partial charge in [0.25, 0.3) is 0 Å². The Morgan fingerprint density at radius 3 is 2.89 bits per heavy atom. The first-order valence-corrected chi connectivity index (χ1v) is 9.30. The zero-order valence-corrected chi connectivity index (χ0v) is 15.5. The maximum atomic E-state index is 12.2. The number of benzene rings is 1. The number of nitrogens with zero attached hydrogens (tertiary/aromatic N) is 3. The van der Waals surface area contributed by atoms with E-state index in [1.54, 1.807) is 17.8 Å². The largest absolute Gasteiger partial charge is 0.462 e. The van der Waals surface area contributed by atoms with Gasteiger partial charge in [-0.1, -0.05) is 31.2 Å². The van der Waals surface area contributed by atoms with Gasteiger partial charge in [0.15, 0.2) is 5.82 Å². The topological polar surface area (TPSA) is 69.0 Å². The lowest BCUT2D eigenvalue weighted by Gasteiger charge is -2.11. The fourth-order valence-corrected chi connectivity index (χ4v) is 3.53. The first-order valence-electron chi connectivity index (χ1n) is 9.30. The molecule has 3 aromatic rings. The van der Waals surface area contributed by atoms with E-state index in [0.29, 0.717) is 24.4 Å². The molecular formula is C21H22N4O2. The lowest BCUT2D eigenvalue weighted by molar-refractivity contribution is 0.0525. The van der Waals surface area contributed by atoms with Gasteiger partial charge in [-0.15, -0.1) is 0 Å². The SMILES string of the molecule is CCOC(=O)c1cnn(-c2cccc(-c3cccc4c3NCC4)n2)c1CC. The summed E-state index contributed by atoms with van der Waals surface area (Å²) in [5.74, 6) is 0.345. The number of pyridine rings is 1. The molecule has 0 spiro atoms. The van der Waals surface area contributed by atoms with Crippen molar-refractivity contribution >= 4 is 11.7 Å². The number of rotatable bonds is 5. The number of hydrogen-bond acceptors (Lipinski definition) is 5. The van der Waals surface area contributed by atoms with E-state index in [0.717, 1.165) is 35.6 Å². The standard InChI is InChI=1S/C21H22N4O2/c1-3-18-16(21(26)27-4-2)13-23-25(18)19-10-6-9-17(24-19)15-8-5-7-14-11-12-22-20(14)15/h5-10,13,22H,3-4,11-12H2,1-2H3. The number of hydrogen-bond donors (Lipinski definition) is 1. The van der Waals surface area contributed by atoms with E-state index in [1.807, 2.05) is 25.1 Å². The Bertz CT molecular complexity index is 994. The normalized spacial score (nSPS) is 12.5. The first-order chi connectivity index (χ1) is 13.2. The number of nitrogens with one attached hydrogen (secondary N) is 1. The van der Waals surface area contributed by atoms with Gasteiger partial charge in [0.2, 0.25) is 0 Å². The molecular weight excluding hydrogens is 340 g/mol. The molecule has 3 heterocycles. The molecule has 6 heteroatoms. The van der Waals surface area contributed by atoms with E-state index >= 15 is 0 Å². The van der Waals surface area contributed by atoms with Crippen LogP contribution in [0.25, 0.3) is 17.1 Å². The van der Waals surface area contributed by atoms with Gasteiger partial charge >= 0.3 is 5.97 Å². The average molecular weight is 362 g/mol. The van der Waals surface area contributed by atoms with Crippen molar-refractivity contribution in [2.75, 3.05) is 18.5 Å². The number of carbonyl (C=O) groups is 1. The van der Waals surface area contributed by atoms with Crippen molar-refractivity contribution in [3.63, 3.8) is 0 Å².